The van der Waals surface area contributed by atoms with Crippen molar-refractivity contribution in [3.63, 3.8) is 0 Å². The van der Waals surface area contributed by atoms with Crippen molar-refractivity contribution in [3.8, 4) is 5.69 Å². The highest BCUT2D eigenvalue weighted by Crippen LogP contribution is 2.27. The molecule has 0 aliphatic carbocycles. The molecule has 2 aromatic carbocycles. The summed E-state index contributed by atoms with van der Waals surface area (Å²) in [6.45, 7) is 4.60. The lowest BCUT2D eigenvalue weighted by atomic mass is 10.3. The van der Waals surface area contributed by atoms with Gasteiger partial charge in [-0.15, -0.1) is 10.2 Å². The number of sulfonamides is 1. The third-order valence-corrected chi connectivity index (χ3v) is 7.35. The van der Waals surface area contributed by atoms with Gasteiger partial charge in [-0.1, -0.05) is 30.0 Å². The highest BCUT2D eigenvalue weighted by Gasteiger charge is 2.23. The van der Waals surface area contributed by atoms with Crippen LogP contribution in [0.15, 0.2) is 64.6 Å². The fraction of sp³-hybridized carbons (Fsp3) is 0.318. The maximum atomic E-state index is 12.8. The number of hydrogen-bond donors (Lipinski definition) is 2. The lowest BCUT2D eigenvalue weighted by Crippen LogP contribution is -2.23. The molecule has 9 nitrogen and oxygen atoms in total. The number of primary sulfonamides is 1. The molecule has 1 aromatic heterocycles. The molecule has 0 spiro atoms. The van der Waals surface area contributed by atoms with Crippen LogP contribution in [0.4, 0.5) is 5.69 Å². The molecule has 0 bridgehead atoms. The second kappa shape index (κ2) is 10.0. The summed E-state index contributed by atoms with van der Waals surface area (Å²) in [7, 11) is -3.78. The molecule has 11 heteroatoms. The van der Waals surface area contributed by atoms with Crippen molar-refractivity contribution >= 4 is 33.4 Å². The van der Waals surface area contributed by atoms with E-state index in [9.17, 15) is 13.2 Å². The standard InChI is InChI=1S/C22H26N6O3S2/c1-16(21(29)24-17-9-11-19(12-10-17)33(23,30)31)32-22-26-25-20(15-27-13-5-6-14-27)28(22)18-7-3-2-4-8-18/h2-4,7-12,16H,5-6,13-15H2,1H3,(H,24,29)(H2,23,30,31). The number of carbonyl (C=O) groups excluding carboxylic acids is 1. The maximum Gasteiger partial charge on any atom is 0.238 e. The fourth-order valence-electron chi connectivity index (χ4n) is 3.64. The Labute approximate surface area is 197 Å². The van der Waals surface area contributed by atoms with Crippen molar-refractivity contribution in [2.75, 3.05) is 18.4 Å². The minimum atomic E-state index is -3.78. The number of nitrogens with two attached hydrogens (primary N) is 1. The van der Waals surface area contributed by atoms with E-state index in [1.807, 2.05) is 34.9 Å². The molecule has 1 aliphatic rings. The molecule has 1 unspecified atom stereocenters. The number of amides is 1. The van der Waals surface area contributed by atoms with Gasteiger partial charge in [0.05, 0.1) is 16.7 Å². The maximum absolute atomic E-state index is 12.8. The van der Waals surface area contributed by atoms with E-state index in [2.05, 4.69) is 20.4 Å². The van der Waals surface area contributed by atoms with Gasteiger partial charge in [0.25, 0.3) is 0 Å². The van der Waals surface area contributed by atoms with Crippen LogP contribution in [0, 0.1) is 0 Å². The number of nitrogens with one attached hydrogen (secondary N) is 1. The van der Waals surface area contributed by atoms with Crippen molar-refractivity contribution in [3.05, 3.63) is 60.4 Å². The lowest BCUT2D eigenvalue weighted by Gasteiger charge is -2.17. The molecular formula is C22H26N6O3S2. The lowest BCUT2D eigenvalue weighted by molar-refractivity contribution is -0.115. The highest BCUT2D eigenvalue weighted by atomic mass is 32.2. The first-order valence-electron chi connectivity index (χ1n) is 10.6. The summed E-state index contributed by atoms with van der Waals surface area (Å²) in [5, 5.41) is 16.9. The SMILES string of the molecule is CC(Sc1nnc(CN2CCCC2)n1-c1ccccc1)C(=O)Nc1ccc(S(N)(=O)=O)cc1. The molecule has 1 amide bonds. The predicted molar refractivity (Wildman–Crippen MR) is 128 cm³/mol. The summed E-state index contributed by atoms with van der Waals surface area (Å²) in [4.78, 5) is 15.1. The normalized spacial score (nSPS) is 15.5. The number of nitrogens with zero attached hydrogens (tertiary/aromatic N) is 4. The molecule has 1 atom stereocenters. The van der Waals surface area contributed by atoms with Crippen LogP contribution in [-0.4, -0.2) is 52.3 Å². The van der Waals surface area contributed by atoms with Crippen molar-refractivity contribution < 1.29 is 13.2 Å². The molecule has 0 saturated carbocycles. The summed E-state index contributed by atoms with van der Waals surface area (Å²) < 4.78 is 24.8. The monoisotopic (exact) mass is 486 g/mol. The first kappa shape index (κ1) is 23.4. The van der Waals surface area contributed by atoms with E-state index in [4.69, 9.17) is 5.14 Å². The van der Waals surface area contributed by atoms with Gasteiger partial charge in [-0.05, 0) is 69.3 Å². The zero-order valence-corrected chi connectivity index (χ0v) is 19.8. The number of anilines is 1. The molecule has 33 heavy (non-hydrogen) atoms. The third kappa shape index (κ3) is 5.80. The van der Waals surface area contributed by atoms with E-state index >= 15 is 0 Å². The van der Waals surface area contributed by atoms with Crippen LogP contribution < -0.4 is 10.5 Å². The molecule has 3 aromatic rings. The quantitative estimate of drug-likeness (QED) is 0.469. The third-order valence-electron chi connectivity index (χ3n) is 5.38. The number of para-hydroxylation sites is 1. The van der Waals surface area contributed by atoms with Gasteiger partial charge in [0.15, 0.2) is 11.0 Å². The molecule has 174 valence electrons. The predicted octanol–water partition coefficient (Wildman–Crippen LogP) is 2.63. The number of rotatable bonds is 8. The topological polar surface area (TPSA) is 123 Å². The molecule has 3 N–H and O–H groups in total. The summed E-state index contributed by atoms with van der Waals surface area (Å²) in [6.07, 6.45) is 2.38. The number of likely N-dealkylation sites (tertiary alicyclic amines) is 1. The van der Waals surface area contributed by atoms with Crippen LogP contribution >= 0.6 is 11.8 Å². The Morgan fingerprint density at radius 2 is 1.76 bits per heavy atom. The number of aromatic nitrogens is 3. The molecule has 1 fully saturated rings. The van der Waals surface area contributed by atoms with Gasteiger partial charge in [0, 0.05) is 11.4 Å². The summed E-state index contributed by atoms with van der Waals surface area (Å²) in [5.74, 6) is 0.615. The van der Waals surface area contributed by atoms with Crippen molar-refractivity contribution in [2.45, 2.75) is 41.6 Å². The fourth-order valence-corrected chi connectivity index (χ4v) is 5.04. The average molecular weight is 487 g/mol. The Balaban J connectivity index is 1.50. The Morgan fingerprint density at radius 3 is 2.39 bits per heavy atom. The minimum absolute atomic E-state index is 0.00980. The van der Waals surface area contributed by atoms with Gasteiger partial charge in [0.1, 0.15) is 0 Å². The van der Waals surface area contributed by atoms with Crippen LogP contribution in [0.5, 0.6) is 0 Å². The Bertz CT molecular complexity index is 1210. The van der Waals surface area contributed by atoms with Gasteiger partial charge in [-0.25, -0.2) is 13.6 Å². The number of thioether (sulfide) groups is 1. The Kier molecular flexibility index (Phi) is 7.13. The van der Waals surface area contributed by atoms with E-state index in [-0.39, 0.29) is 10.8 Å². The highest BCUT2D eigenvalue weighted by molar-refractivity contribution is 8.00. The van der Waals surface area contributed by atoms with E-state index < -0.39 is 15.3 Å². The van der Waals surface area contributed by atoms with Crippen LogP contribution in [-0.2, 0) is 21.4 Å². The Hall–Kier alpha value is -2.73. The number of hydrogen-bond acceptors (Lipinski definition) is 7. The first-order valence-corrected chi connectivity index (χ1v) is 13.1. The van der Waals surface area contributed by atoms with Gasteiger partial charge < -0.3 is 5.32 Å². The van der Waals surface area contributed by atoms with Crippen molar-refractivity contribution in [2.24, 2.45) is 5.14 Å². The summed E-state index contributed by atoms with van der Waals surface area (Å²) >= 11 is 1.32. The zero-order valence-electron chi connectivity index (χ0n) is 18.2. The summed E-state index contributed by atoms with van der Waals surface area (Å²) in [6, 6.07) is 15.6. The Morgan fingerprint density at radius 1 is 1.09 bits per heavy atom. The first-order chi connectivity index (χ1) is 15.8. The molecule has 1 aliphatic heterocycles. The largest absolute Gasteiger partial charge is 0.325 e. The average Bonchev–Trinajstić information content (AvgIpc) is 3.44. The van der Waals surface area contributed by atoms with Crippen LogP contribution in [0.25, 0.3) is 5.69 Å². The van der Waals surface area contributed by atoms with Gasteiger partial charge in [-0.2, -0.15) is 0 Å². The van der Waals surface area contributed by atoms with Crippen molar-refractivity contribution in [1.82, 2.24) is 19.7 Å². The minimum Gasteiger partial charge on any atom is -0.325 e. The second-order valence-corrected chi connectivity index (χ2v) is 10.7. The van der Waals surface area contributed by atoms with Crippen LogP contribution in [0.2, 0.25) is 0 Å². The van der Waals surface area contributed by atoms with Crippen LogP contribution in [0.3, 0.4) is 0 Å². The summed E-state index contributed by atoms with van der Waals surface area (Å²) in [5.41, 5.74) is 1.43. The van der Waals surface area contributed by atoms with E-state index in [0.29, 0.717) is 17.4 Å². The van der Waals surface area contributed by atoms with Gasteiger partial charge in [-0.3, -0.25) is 14.3 Å². The van der Waals surface area contributed by atoms with Crippen molar-refractivity contribution in [1.29, 1.82) is 0 Å². The van der Waals surface area contributed by atoms with E-state index in [1.54, 1.807) is 6.92 Å². The van der Waals surface area contributed by atoms with E-state index in [0.717, 1.165) is 24.6 Å². The van der Waals surface area contributed by atoms with Gasteiger partial charge >= 0.3 is 0 Å². The zero-order chi connectivity index (χ0) is 23.4. The van der Waals surface area contributed by atoms with Gasteiger partial charge in [0.2, 0.25) is 15.9 Å². The second-order valence-electron chi connectivity index (χ2n) is 7.87. The van der Waals surface area contributed by atoms with Crippen LogP contribution in [0.1, 0.15) is 25.6 Å². The molecule has 2 heterocycles. The molecule has 4 rings (SSSR count). The molecular weight excluding hydrogens is 460 g/mol. The number of carbonyl (C=O) groups is 1. The smallest absolute Gasteiger partial charge is 0.238 e. The van der Waals surface area contributed by atoms with E-state index in [1.165, 1.54) is 48.9 Å². The molecule has 1 saturated heterocycles. The number of benzene rings is 2. The molecule has 0 radical (unpaired) electrons.